The average Bonchev–Trinajstić information content (AvgIpc) is 3.09. The van der Waals surface area contributed by atoms with Gasteiger partial charge in [0.25, 0.3) is 5.91 Å². The highest BCUT2D eigenvalue weighted by atomic mass is 16.5. The fourth-order valence-electron chi connectivity index (χ4n) is 2.36. The largest absolute Gasteiger partial charge is 0.376 e. The molecule has 0 aliphatic carbocycles. The number of aryl methyl sites for hydroxylation is 1. The molecule has 1 atom stereocenters. The van der Waals surface area contributed by atoms with Crippen molar-refractivity contribution in [3.8, 4) is 0 Å². The molecule has 112 valence electrons. The minimum Gasteiger partial charge on any atom is -0.376 e. The molecule has 1 fully saturated rings. The zero-order valence-corrected chi connectivity index (χ0v) is 11.9. The van der Waals surface area contributed by atoms with Gasteiger partial charge in [-0.05, 0) is 26.2 Å². The molecule has 2 aromatic rings. The Labute approximate surface area is 122 Å². The molecule has 7 heteroatoms. The molecule has 0 aromatic carbocycles. The normalized spacial score (nSPS) is 18.6. The van der Waals surface area contributed by atoms with Crippen molar-refractivity contribution in [2.45, 2.75) is 38.8 Å². The number of nitrogens with zero attached hydrogens (tertiary/aromatic N) is 3. The zero-order chi connectivity index (χ0) is 14.7. The third-order valence-corrected chi connectivity index (χ3v) is 3.42. The van der Waals surface area contributed by atoms with Crippen LogP contribution in [0.5, 0.6) is 0 Å². The van der Waals surface area contributed by atoms with E-state index in [2.05, 4.69) is 15.6 Å². The molecular weight excluding hydrogens is 272 g/mol. The van der Waals surface area contributed by atoms with E-state index in [1.54, 1.807) is 30.1 Å². The van der Waals surface area contributed by atoms with E-state index in [0.29, 0.717) is 18.0 Å². The maximum absolute atomic E-state index is 11.9. The summed E-state index contributed by atoms with van der Waals surface area (Å²) in [7, 11) is 0. The maximum Gasteiger partial charge on any atom is 0.277 e. The molecule has 1 N–H and O–H groups in total. The second-order valence-corrected chi connectivity index (χ2v) is 5.22. The number of hydrogen-bond acceptors (Lipinski definition) is 5. The summed E-state index contributed by atoms with van der Waals surface area (Å²) < 4.78 is 12.3. The number of carbonyl (C=O) groups is 1. The van der Waals surface area contributed by atoms with Crippen LogP contribution in [0.2, 0.25) is 0 Å². The smallest absolute Gasteiger partial charge is 0.277 e. The van der Waals surface area contributed by atoms with Crippen molar-refractivity contribution < 1.29 is 14.1 Å². The highest BCUT2D eigenvalue weighted by Gasteiger charge is 2.16. The summed E-state index contributed by atoms with van der Waals surface area (Å²) in [5, 5.41) is 10.7. The maximum atomic E-state index is 11.9. The van der Waals surface area contributed by atoms with Gasteiger partial charge in [-0.3, -0.25) is 9.48 Å². The van der Waals surface area contributed by atoms with Crippen LogP contribution in [0.15, 0.2) is 23.0 Å². The first-order valence-corrected chi connectivity index (χ1v) is 7.09. The molecule has 0 unspecified atom stereocenters. The molecule has 1 aliphatic heterocycles. The van der Waals surface area contributed by atoms with Crippen molar-refractivity contribution >= 4 is 11.6 Å². The summed E-state index contributed by atoms with van der Waals surface area (Å²) in [6.07, 6.45) is 7.01. The quantitative estimate of drug-likeness (QED) is 0.931. The van der Waals surface area contributed by atoms with Gasteiger partial charge in [0.2, 0.25) is 0 Å². The van der Waals surface area contributed by atoms with Gasteiger partial charge in [0.05, 0.1) is 24.5 Å². The molecule has 1 amide bonds. The van der Waals surface area contributed by atoms with E-state index in [-0.39, 0.29) is 17.7 Å². The summed E-state index contributed by atoms with van der Waals surface area (Å²) >= 11 is 0. The predicted molar refractivity (Wildman–Crippen MR) is 75.0 cm³/mol. The molecule has 1 saturated heterocycles. The molecule has 1 aliphatic rings. The average molecular weight is 290 g/mol. The number of amides is 1. The van der Waals surface area contributed by atoms with Crippen LogP contribution in [-0.4, -0.2) is 33.6 Å². The predicted octanol–water partition coefficient (Wildman–Crippen LogP) is 2.00. The van der Waals surface area contributed by atoms with Gasteiger partial charge >= 0.3 is 0 Å². The summed E-state index contributed by atoms with van der Waals surface area (Å²) in [5.74, 6) is 0.297. The standard InChI is InChI=1S/C14H18N4O3/c1-10-6-13(17-21-10)14(19)16-11-7-15-18(8-11)9-12-4-2-3-5-20-12/h6-8,12H,2-5,9H2,1H3,(H,16,19)/t12-/m0/s1. The Kier molecular flexibility index (Phi) is 4.01. The molecule has 0 bridgehead atoms. The molecule has 3 heterocycles. The van der Waals surface area contributed by atoms with Crippen molar-refractivity contribution in [3.63, 3.8) is 0 Å². The summed E-state index contributed by atoms with van der Waals surface area (Å²) in [5.41, 5.74) is 0.896. The Bertz CT molecular complexity index is 613. The highest BCUT2D eigenvalue weighted by Crippen LogP contribution is 2.15. The SMILES string of the molecule is Cc1cc(C(=O)Nc2cnn(C[C@@H]3CCCCO3)c2)no1. The Morgan fingerprint density at radius 2 is 2.43 bits per heavy atom. The van der Waals surface area contributed by atoms with E-state index >= 15 is 0 Å². The van der Waals surface area contributed by atoms with Crippen LogP contribution < -0.4 is 5.32 Å². The van der Waals surface area contributed by atoms with E-state index in [9.17, 15) is 4.79 Å². The Balaban J connectivity index is 1.58. The molecule has 3 rings (SSSR count). The lowest BCUT2D eigenvalue weighted by atomic mass is 10.1. The van der Waals surface area contributed by atoms with Gasteiger partial charge in [-0.2, -0.15) is 5.10 Å². The second-order valence-electron chi connectivity index (χ2n) is 5.22. The van der Waals surface area contributed by atoms with E-state index in [4.69, 9.17) is 9.26 Å². The van der Waals surface area contributed by atoms with Crippen molar-refractivity contribution in [2.75, 3.05) is 11.9 Å². The minimum absolute atomic E-state index is 0.209. The second kappa shape index (κ2) is 6.09. The van der Waals surface area contributed by atoms with Crippen LogP contribution in [0.1, 0.15) is 35.5 Å². The van der Waals surface area contributed by atoms with Crippen LogP contribution in [0.3, 0.4) is 0 Å². The minimum atomic E-state index is -0.305. The van der Waals surface area contributed by atoms with Crippen molar-refractivity contribution in [1.29, 1.82) is 0 Å². The van der Waals surface area contributed by atoms with Crippen molar-refractivity contribution in [2.24, 2.45) is 0 Å². The molecule has 0 spiro atoms. The van der Waals surface area contributed by atoms with Gasteiger partial charge in [0, 0.05) is 18.9 Å². The third kappa shape index (κ3) is 3.49. The number of aromatic nitrogens is 3. The molecule has 21 heavy (non-hydrogen) atoms. The molecule has 2 aromatic heterocycles. The van der Waals surface area contributed by atoms with Crippen molar-refractivity contribution in [1.82, 2.24) is 14.9 Å². The zero-order valence-electron chi connectivity index (χ0n) is 11.9. The third-order valence-electron chi connectivity index (χ3n) is 3.42. The first-order valence-electron chi connectivity index (χ1n) is 7.09. The highest BCUT2D eigenvalue weighted by molar-refractivity contribution is 6.02. The lowest BCUT2D eigenvalue weighted by molar-refractivity contribution is 0.00401. The number of hydrogen-bond donors (Lipinski definition) is 1. The lowest BCUT2D eigenvalue weighted by Gasteiger charge is -2.22. The fourth-order valence-corrected chi connectivity index (χ4v) is 2.36. The number of carbonyl (C=O) groups excluding carboxylic acids is 1. The summed E-state index contributed by atoms with van der Waals surface area (Å²) in [6.45, 7) is 3.27. The molecule has 0 radical (unpaired) electrons. The van der Waals surface area contributed by atoms with Gasteiger partial charge < -0.3 is 14.6 Å². The number of ether oxygens (including phenoxy) is 1. The first-order chi connectivity index (χ1) is 10.2. The molecule has 7 nitrogen and oxygen atoms in total. The number of rotatable bonds is 4. The summed E-state index contributed by atoms with van der Waals surface area (Å²) in [4.78, 5) is 11.9. The fraction of sp³-hybridized carbons (Fsp3) is 0.500. The first kappa shape index (κ1) is 13.8. The van der Waals surface area contributed by atoms with Crippen LogP contribution >= 0.6 is 0 Å². The molecular formula is C14H18N4O3. The molecule has 0 saturated carbocycles. The Morgan fingerprint density at radius 3 is 3.14 bits per heavy atom. The van der Waals surface area contributed by atoms with Gasteiger partial charge in [-0.15, -0.1) is 0 Å². The van der Waals surface area contributed by atoms with Crippen molar-refractivity contribution in [3.05, 3.63) is 29.9 Å². The lowest BCUT2D eigenvalue weighted by Crippen LogP contribution is -2.24. The van der Waals surface area contributed by atoms with Crippen LogP contribution in [0, 0.1) is 6.92 Å². The van der Waals surface area contributed by atoms with E-state index < -0.39 is 0 Å². The Morgan fingerprint density at radius 1 is 1.52 bits per heavy atom. The Hall–Kier alpha value is -2.15. The van der Waals surface area contributed by atoms with Gasteiger partial charge in [-0.1, -0.05) is 5.16 Å². The van der Waals surface area contributed by atoms with Crippen LogP contribution in [0.4, 0.5) is 5.69 Å². The van der Waals surface area contributed by atoms with Crippen LogP contribution in [0.25, 0.3) is 0 Å². The number of anilines is 1. The van der Waals surface area contributed by atoms with E-state index in [1.807, 2.05) is 0 Å². The summed E-state index contributed by atoms with van der Waals surface area (Å²) in [6, 6.07) is 1.59. The monoisotopic (exact) mass is 290 g/mol. The number of nitrogens with one attached hydrogen (secondary N) is 1. The van der Waals surface area contributed by atoms with Gasteiger partial charge in [0.1, 0.15) is 5.76 Å². The van der Waals surface area contributed by atoms with Gasteiger partial charge in [0.15, 0.2) is 5.69 Å². The topological polar surface area (TPSA) is 82.2 Å². The van der Waals surface area contributed by atoms with E-state index in [0.717, 1.165) is 19.4 Å². The van der Waals surface area contributed by atoms with Crippen LogP contribution in [-0.2, 0) is 11.3 Å². The van der Waals surface area contributed by atoms with Gasteiger partial charge in [-0.25, -0.2) is 0 Å². The van der Waals surface area contributed by atoms with E-state index in [1.165, 1.54) is 6.42 Å².